The lowest BCUT2D eigenvalue weighted by molar-refractivity contribution is 0.0636. The van der Waals surface area contributed by atoms with Crippen LogP contribution in [-0.4, -0.2) is 33.7 Å². The summed E-state index contributed by atoms with van der Waals surface area (Å²) in [5.41, 5.74) is 4.79. The van der Waals surface area contributed by atoms with E-state index in [1.807, 2.05) is 0 Å². The Morgan fingerprint density at radius 3 is 2.84 bits per heavy atom. The molecule has 19 heavy (non-hydrogen) atoms. The number of carbonyl (C=O) groups is 1. The predicted octanol–water partition coefficient (Wildman–Crippen LogP) is 2.09. The van der Waals surface area contributed by atoms with E-state index in [9.17, 15) is 9.90 Å². The van der Waals surface area contributed by atoms with Crippen molar-refractivity contribution >= 4 is 34.2 Å². The summed E-state index contributed by atoms with van der Waals surface area (Å²) in [6.07, 6.45) is -0.0462. The first-order valence-corrected chi connectivity index (χ1v) is 6.96. The molecular formula is C11H18ClN3O3S. The standard InChI is InChI=1S/C11H18ClN3O3S/c1-11(2,3)18-10(17)15-9-14-5-7(19-9)8(16)6(12)4-13/h5-6,8,16H,4,13H2,1-3H3,(H,14,15,17)/t6-,8-/m0/s1. The molecule has 0 saturated carbocycles. The number of ether oxygens (including phenoxy) is 1. The van der Waals surface area contributed by atoms with Gasteiger partial charge in [-0.05, 0) is 20.8 Å². The van der Waals surface area contributed by atoms with E-state index in [4.69, 9.17) is 22.1 Å². The Labute approximate surface area is 120 Å². The highest BCUT2D eigenvalue weighted by Crippen LogP contribution is 2.28. The second kappa shape index (κ2) is 6.51. The Morgan fingerprint density at radius 1 is 1.68 bits per heavy atom. The molecule has 8 heteroatoms. The number of hydrogen-bond acceptors (Lipinski definition) is 6. The molecule has 0 radical (unpaired) electrons. The molecule has 0 aliphatic rings. The van der Waals surface area contributed by atoms with Crippen molar-refractivity contribution < 1.29 is 14.6 Å². The van der Waals surface area contributed by atoms with E-state index in [0.29, 0.717) is 10.0 Å². The van der Waals surface area contributed by atoms with Crippen LogP contribution in [0, 0.1) is 0 Å². The summed E-state index contributed by atoms with van der Waals surface area (Å²) >= 11 is 6.97. The minimum atomic E-state index is -0.904. The van der Waals surface area contributed by atoms with Gasteiger partial charge >= 0.3 is 6.09 Å². The monoisotopic (exact) mass is 307 g/mol. The van der Waals surface area contributed by atoms with E-state index in [2.05, 4.69) is 10.3 Å². The summed E-state index contributed by atoms with van der Waals surface area (Å²) in [5, 5.41) is 12.1. The third-order valence-corrected chi connectivity index (χ3v) is 3.39. The summed E-state index contributed by atoms with van der Waals surface area (Å²) in [5.74, 6) is 0. The molecule has 0 saturated heterocycles. The number of nitrogens with one attached hydrogen (secondary N) is 1. The second-order valence-corrected chi connectivity index (χ2v) is 6.51. The van der Waals surface area contributed by atoms with Gasteiger partial charge in [-0.3, -0.25) is 5.32 Å². The molecule has 0 unspecified atom stereocenters. The zero-order valence-corrected chi connectivity index (χ0v) is 12.6. The van der Waals surface area contributed by atoms with Gasteiger partial charge in [-0.2, -0.15) is 0 Å². The highest BCUT2D eigenvalue weighted by Gasteiger charge is 2.21. The van der Waals surface area contributed by atoms with Crippen LogP contribution in [0.3, 0.4) is 0 Å². The summed E-state index contributed by atoms with van der Waals surface area (Å²) in [6, 6.07) is 0. The molecule has 108 valence electrons. The molecule has 1 aromatic rings. The summed E-state index contributed by atoms with van der Waals surface area (Å²) < 4.78 is 5.09. The average molecular weight is 308 g/mol. The lowest BCUT2D eigenvalue weighted by Crippen LogP contribution is -2.27. The lowest BCUT2D eigenvalue weighted by Gasteiger charge is -2.18. The summed E-state index contributed by atoms with van der Waals surface area (Å²) in [4.78, 5) is 16.0. The van der Waals surface area contributed by atoms with Crippen molar-refractivity contribution in [3.8, 4) is 0 Å². The maximum Gasteiger partial charge on any atom is 0.413 e. The van der Waals surface area contributed by atoms with Crippen molar-refractivity contribution in [1.29, 1.82) is 0 Å². The van der Waals surface area contributed by atoms with Crippen molar-refractivity contribution in [2.75, 3.05) is 11.9 Å². The Bertz CT molecular complexity index is 433. The number of aromatic nitrogens is 1. The normalized spacial score (nSPS) is 14.8. The fourth-order valence-electron chi connectivity index (χ4n) is 1.18. The molecule has 1 heterocycles. The first-order chi connectivity index (χ1) is 8.73. The number of halogens is 1. The third-order valence-electron chi connectivity index (χ3n) is 1.99. The van der Waals surface area contributed by atoms with Gasteiger partial charge in [0, 0.05) is 12.7 Å². The van der Waals surface area contributed by atoms with Crippen LogP contribution < -0.4 is 11.1 Å². The fourth-order valence-corrected chi connectivity index (χ4v) is 2.24. The van der Waals surface area contributed by atoms with Crippen molar-refractivity contribution in [3.63, 3.8) is 0 Å². The van der Waals surface area contributed by atoms with E-state index in [0.717, 1.165) is 11.3 Å². The molecule has 0 aromatic carbocycles. The van der Waals surface area contributed by atoms with E-state index in [1.165, 1.54) is 6.20 Å². The highest BCUT2D eigenvalue weighted by atomic mass is 35.5. The van der Waals surface area contributed by atoms with Crippen molar-refractivity contribution in [2.45, 2.75) is 37.9 Å². The number of aliphatic hydroxyl groups excluding tert-OH is 1. The van der Waals surface area contributed by atoms with Gasteiger partial charge in [-0.15, -0.1) is 11.6 Å². The SMILES string of the molecule is CC(C)(C)OC(=O)Nc1ncc([C@@H](O)[C@@H](Cl)CN)s1. The lowest BCUT2D eigenvalue weighted by atomic mass is 10.2. The summed E-state index contributed by atoms with van der Waals surface area (Å²) in [6.45, 7) is 5.45. The number of rotatable bonds is 4. The number of aliphatic hydroxyl groups is 1. The van der Waals surface area contributed by atoms with Crippen LogP contribution in [0.2, 0.25) is 0 Å². The summed E-state index contributed by atoms with van der Waals surface area (Å²) in [7, 11) is 0. The van der Waals surface area contributed by atoms with Crippen LogP contribution in [0.1, 0.15) is 31.8 Å². The van der Waals surface area contributed by atoms with Gasteiger partial charge in [0.05, 0.1) is 10.3 Å². The van der Waals surface area contributed by atoms with E-state index < -0.39 is 23.2 Å². The topological polar surface area (TPSA) is 97.5 Å². The number of alkyl halides is 1. The molecule has 0 aliphatic carbocycles. The molecule has 0 spiro atoms. The van der Waals surface area contributed by atoms with Crippen LogP contribution in [0.25, 0.3) is 0 Å². The first kappa shape index (κ1) is 16.2. The minimum absolute atomic E-state index is 0.148. The Kier molecular flexibility index (Phi) is 5.54. The zero-order valence-electron chi connectivity index (χ0n) is 11.0. The Balaban J connectivity index is 2.63. The molecule has 0 aliphatic heterocycles. The van der Waals surface area contributed by atoms with Gasteiger partial charge < -0.3 is 15.6 Å². The fraction of sp³-hybridized carbons (Fsp3) is 0.636. The number of thiazole rings is 1. The van der Waals surface area contributed by atoms with Gasteiger partial charge in [-0.1, -0.05) is 11.3 Å². The molecule has 1 aromatic heterocycles. The zero-order chi connectivity index (χ0) is 14.6. The van der Waals surface area contributed by atoms with Gasteiger partial charge in [0.25, 0.3) is 0 Å². The number of nitrogens with zero attached hydrogens (tertiary/aromatic N) is 1. The highest BCUT2D eigenvalue weighted by molar-refractivity contribution is 7.15. The van der Waals surface area contributed by atoms with Gasteiger partial charge in [0.1, 0.15) is 11.7 Å². The Morgan fingerprint density at radius 2 is 2.32 bits per heavy atom. The number of nitrogens with two attached hydrogens (primary N) is 1. The van der Waals surface area contributed by atoms with Gasteiger partial charge in [0.15, 0.2) is 5.13 Å². The third kappa shape index (κ3) is 5.32. The van der Waals surface area contributed by atoms with Gasteiger partial charge in [0.2, 0.25) is 0 Å². The second-order valence-electron chi connectivity index (χ2n) is 4.89. The van der Waals surface area contributed by atoms with Crippen molar-refractivity contribution in [1.82, 2.24) is 4.98 Å². The predicted molar refractivity (Wildman–Crippen MR) is 75.6 cm³/mol. The average Bonchev–Trinajstić information content (AvgIpc) is 2.72. The molecule has 0 bridgehead atoms. The Hall–Kier alpha value is -0.890. The quantitative estimate of drug-likeness (QED) is 0.740. The number of hydrogen-bond donors (Lipinski definition) is 3. The van der Waals surface area contributed by atoms with E-state index in [-0.39, 0.29) is 6.54 Å². The maximum atomic E-state index is 11.5. The largest absolute Gasteiger partial charge is 0.444 e. The number of anilines is 1. The molecule has 0 fully saturated rings. The van der Waals surface area contributed by atoms with Crippen LogP contribution >= 0.6 is 22.9 Å². The van der Waals surface area contributed by atoms with Crippen molar-refractivity contribution in [2.24, 2.45) is 5.73 Å². The van der Waals surface area contributed by atoms with Crippen LogP contribution in [-0.2, 0) is 4.74 Å². The molecule has 4 N–H and O–H groups in total. The number of carbonyl (C=O) groups excluding carboxylic acids is 1. The number of amides is 1. The maximum absolute atomic E-state index is 11.5. The van der Waals surface area contributed by atoms with Gasteiger partial charge in [-0.25, -0.2) is 9.78 Å². The molecule has 1 amide bonds. The van der Waals surface area contributed by atoms with E-state index in [1.54, 1.807) is 20.8 Å². The molecule has 1 rings (SSSR count). The molecule has 6 nitrogen and oxygen atoms in total. The van der Waals surface area contributed by atoms with Crippen LogP contribution in [0.5, 0.6) is 0 Å². The van der Waals surface area contributed by atoms with Crippen LogP contribution in [0.15, 0.2) is 6.20 Å². The van der Waals surface area contributed by atoms with Crippen LogP contribution in [0.4, 0.5) is 9.93 Å². The molecular weight excluding hydrogens is 290 g/mol. The van der Waals surface area contributed by atoms with E-state index >= 15 is 0 Å². The minimum Gasteiger partial charge on any atom is -0.444 e. The van der Waals surface area contributed by atoms with Crippen molar-refractivity contribution in [3.05, 3.63) is 11.1 Å². The smallest absolute Gasteiger partial charge is 0.413 e. The molecule has 2 atom stereocenters. The first-order valence-electron chi connectivity index (χ1n) is 5.71.